The predicted octanol–water partition coefficient (Wildman–Crippen LogP) is 1.82. The van der Waals surface area contributed by atoms with E-state index in [2.05, 4.69) is 27.5 Å². The summed E-state index contributed by atoms with van der Waals surface area (Å²) in [6, 6.07) is 8.50. The van der Waals surface area contributed by atoms with E-state index in [0.717, 1.165) is 29.5 Å². The molecule has 9 nitrogen and oxygen atoms in total. The normalized spacial score (nSPS) is 19.9. The summed E-state index contributed by atoms with van der Waals surface area (Å²) in [6.07, 6.45) is 5.54. The highest BCUT2D eigenvalue weighted by atomic mass is 16.2. The van der Waals surface area contributed by atoms with Gasteiger partial charge in [0.25, 0.3) is 5.91 Å². The van der Waals surface area contributed by atoms with Crippen molar-refractivity contribution in [3.63, 3.8) is 0 Å². The number of imide groups is 1. The van der Waals surface area contributed by atoms with E-state index < -0.39 is 11.9 Å². The lowest BCUT2D eigenvalue weighted by atomic mass is 9.96. The number of pyridine rings is 1. The van der Waals surface area contributed by atoms with E-state index in [1.54, 1.807) is 23.4 Å². The monoisotopic (exact) mass is 485 g/mol. The Labute approximate surface area is 209 Å². The van der Waals surface area contributed by atoms with Crippen LogP contribution in [0.2, 0.25) is 0 Å². The molecule has 1 aromatic heterocycles. The molecule has 2 saturated heterocycles. The number of rotatable bonds is 3. The first-order chi connectivity index (χ1) is 17.5. The van der Waals surface area contributed by atoms with E-state index in [4.69, 9.17) is 0 Å². The Morgan fingerprint density at radius 1 is 1.08 bits per heavy atom. The number of carbonyl (C=O) groups excluding carboxylic acids is 4. The molecule has 2 fully saturated rings. The fourth-order valence-electron chi connectivity index (χ4n) is 4.90. The van der Waals surface area contributed by atoms with E-state index >= 15 is 0 Å². The topological polar surface area (TPSA) is 112 Å². The zero-order valence-corrected chi connectivity index (χ0v) is 19.8. The lowest BCUT2D eigenvalue weighted by Crippen LogP contribution is -2.52. The van der Waals surface area contributed by atoms with E-state index in [1.807, 2.05) is 29.2 Å². The molecule has 3 aliphatic rings. The fourth-order valence-corrected chi connectivity index (χ4v) is 4.90. The molecule has 36 heavy (non-hydrogen) atoms. The van der Waals surface area contributed by atoms with E-state index in [-0.39, 0.29) is 30.2 Å². The third kappa shape index (κ3) is 4.93. The molecule has 0 aliphatic carbocycles. The maximum Gasteiger partial charge on any atom is 0.317 e. The molecule has 1 atom stereocenters. The first kappa shape index (κ1) is 23.5. The third-order valence-electron chi connectivity index (χ3n) is 6.97. The van der Waals surface area contributed by atoms with Gasteiger partial charge in [-0.2, -0.15) is 0 Å². The Kier molecular flexibility index (Phi) is 6.67. The van der Waals surface area contributed by atoms with Crippen molar-refractivity contribution in [2.24, 2.45) is 5.92 Å². The van der Waals surface area contributed by atoms with Crippen LogP contribution in [0.4, 0.5) is 4.79 Å². The lowest BCUT2D eigenvalue weighted by Gasteiger charge is -2.30. The second kappa shape index (κ2) is 10.2. The molecule has 4 heterocycles. The van der Waals surface area contributed by atoms with Crippen LogP contribution in [0.1, 0.15) is 52.7 Å². The molecule has 5 amide bonds. The summed E-state index contributed by atoms with van der Waals surface area (Å²) in [4.78, 5) is 56.6. The number of nitrogens with zero attached hydrogens (tertiary/aromatic N) is 3. The van der Waals surface area contributed by atoms with Crippen LogP contribution >= 0.6 is 0 Å². The number of hydrogen-bond acceptors (Lipinski definition) is 5. The van der Waals surface area contributed by atoms with E-state index in [0.29, 0.717) is 38.2 Å². The predicted molar refractivity (Wildman–Crippen MR) is 130 cm³/mol. The molecule has 0 radical (unpaired) electrons. The molecule has 1 unspecified atom stereocenters. The first-order valence-electron chi connectivity index (χ1n) is 12.2. The molecule has 5 rings (SSSR count). The van der Waals surface area contributed by atoms with Crippen molar-refractivity contribution in [2.75, 3.05) is 13.1 Å². The van der Waals surface area contributed by atoms with Gasteiger partial charge in [-0.1, -0.05) is 17.9 Å². The van der Waals surface area contributed by atoms with Crippen LogP contribution in [-0.4, -0.2) is 57.7 Å². The lowest BCUT2D eigenvalue weighted by molar-refractivity contribution is -0.136. The maximum absolute atomic E-state index is 13.0. The average Bonchev–Trinajstić information content (AvgIpc) is 3.23. The van der Waals surface area contributed by atoms with Gasteiger partial charge >= 0.3 is 6.03 Å². The summed E-state index contributed by atoms with van der Waals surface area (Å²) in [5.74, 6) is 5.84. The van der Waals surface area contributed by atoms with Gasteiger partial charge in [0.05, 0.1) is 0 Å². The molecular weight excluding hydrogens is 458 g/mol. The number of urea groups is 1. The van der Waals surface area contributed by atoms with Crippen LogP contribution in [0.5, 0.6) is 0 Å². The Morgan fingerprint density at radius 2 is 1.86 bits per heavy atom. The summed E-state index contributed by atoms with van der Waals surface area (Å²) in [5, 5.41) is 5.28. The van der Waals surface area contributed by atoms with Gasteiger partial charge in [0.2, 0.25) is 11.8 Å². The second-order valence-corrected chi connectivity index (χ2v) is 9.28. The van der Waals surface area contributed by atoms with Crippen molar-refractivity contribution >= 4 is 23.8 Å². The van der Waals surface area contributed by atoms with Crippen LogP contribution in [0, 0.1) is 17.8 Å². The molecule has 3 aliphatic heterocycles. The summed E-state index contributed by atoms with van der Waals surface area (Å²) in [5.41, 5.74) is 3.18. The quantitative estimate of drug-likeness (QED) is 0.509. The van der Waals surface area contributed by atoms with Crippen LogP contribution in [0.25, 0.3) is 0 Å². The number of nitrogens with one attached hydrogen (secondary N) is 2. The minimum atomic E-state index is -0.641. The molecule has 0 saturated carbocycles. The Hall–Kier alpha value is -4.19. The fraction of sp³-hybridized carbons (Fsp3) is 0.370. The standard InChI is InChI=1S/C27H27N5O4/c33-24-7-6-23(25(34)30-24)32-17-22-20(2-1-3-21(22)26(32)35)5-4-18-10-14-31(15-11-18)27(36)29-16-19-8-12-28-13-9-19/h1-3,8-9,12-13,18,23H,6-7,10-11,14-17H2,(H,29,36)(H,30,33,34). The number of piperidine rings is 2. The molecule has 2 aromatic rings. The smallest absolute Gasteiger partial charge is 0.317 e. The van der Waals surface area contributed by atoms with Crippen LogP contribution < -0.4 is 10.6 Å². The van der Waals surface area contributed by atoms with E-state index in [9.17, 15) is 19.2 Å². The second-order valence-electron chi connectivity index (χ2n) is 9.28. The van der Waals surface area contributed by atoms with Crippen LogP contribution in [-0.2, 0) is 22.7 Å². The first-order valence-corrected chi connectivity index (χ1v) is 12.2. The molecule has 0 bridgehead atoms. The number of hydrogen-bond donors (Lipinski definition) is 2. The van der Waals surface area contributed by atoms with Crippen molar-refractivity contribution in [3.8, 4) is 11.8 Å². The SMILES string of the molecule is O=C1CCC(N2Cc3c(C#CC4CCN(C(=O)NCc5ccncc5)CC4)cccc3C2=O)C(=O)N1. The van der Waals surface area contributed by atoms with Crippen molar-refractivity contribution in [1.82, 2.24) is 25.4 Å². The van der Waals surface area contributed by atoms with Crippen LogP contribution in [0.15, 0.2) is 42.7 Å². The van der Waals surface area contributed by atoms with Gasteiger partial charge in [0, 0.05) is 62.0 Å². The van der Waals surface area contributed by atoms with Gasteiger partial charge in [-0.15, -0.1) is 0 Å². The molecule has 0 spiro atoms. The molecule has 1 aromatic carbocycles. The Morgan fingerprint density at radius 3 is 2.61 bits per heavy atom. The minimum Gasteiger partial charge on any atom is -0.334 e. The number of benzene rings is 1. The molecule has 9 heteroatoms. The summed E-state index contributed by atoms with van der Waals surface area (Å²) < 4.78 is 0. The summed E-state index contributed by atoms with van der Waals surface area (Å²) in [7, 11) is 0. The van der Waals surface area contributed by atoms with Crippen LogP contribution in [0.3, 0.4) is 0 Å². The number of fused-ring (bicyclic) bond motifs is 1. The number of carbonyl (C=O) groups is 4. The van der Waals surface area contributed by atoms with Gasteiger partial charge in [0.1, 0.15) is 6.04 Å². The Bertz CT molecular complexity index is 1260. The maximum atomic E-state index is 13.0. The highest BCUT2D eigenvalue weighted by molar-refractivity contribution is 6.05. The summed E-state index contributed by atoms with van der Waals surface area (Å²) in [6.45, 7) is 2.04. The van der Waals surface area contributed by atoms with Crippen molar-refractivity contribution in [1.29, 1.82) is 0 Å². The highest BCUT2D eigenvalue weighted by Gasteiger charge is 2.39. The third-order valence-corrected chi connectivity index (χ3v) is 6.97. The van der Waals surface area contributed by atoms with Crippen molar-refractivity contribution in [3.05, 3.63) is 65.0 Å². The number of likely N-dealkylation sites (tertiary alicyclic amines) is 1. The van der Waals surface area contributed by atoms with Crippen molar-refractivity contribution < 1.29 is 19.2 Å². The number of amides is 5. The van der Waals surface area contributed by atoms with Crippen molar-refractivity contribution in [2.45, 2.75) is 44.8 Å². The largest absolute Gasteiger partial charge is 0.334 e. The molecule has 184 valence electrons. The Balaban J connectivity index is 1.19. The van der Waals surface area contributed by atoms with Gasteiger partial charge in [0.15, 0.2) is 0 Å². The average molecular weight is 486 g/mol. The number of aromatic nitrogens is 1. The zero-order valence-electron chi connectivity index (χ0n) is 19.8. The highest BCUT2D eigenvalue weighted by Crippen LogP contribution is 2.29. The minimum absolute atomic E-state index is 0.0776. The van der Waals surface area contributed by atoms with Gasteiger partial charge < -0.3 is 15.1 Å². The molecular formula is C27H27N5O4. The zero-order chi connectivity index (χ0) is 25.1. The summed E-state index contributed by atoms with van der Waals surface area (Å²) >= 11 is 0. The van der Waals surface area contributed by atoms with Gasteiger partial charge in [-0.3, -0.25) is 24.7 Å². The van der Waals surface area contributed by atoms with Gasteiger partial charge in [-0.05, 0) is 54.7 Å². The van der Waals surface area contributed by atoms with Gasteiger partial charge in [-0.25, -0.2) is 4.79 Å². The molecule has 2 N–H and O–H groups in total. The van der Waals surface area contributed by atoms with E-state index in [1.165, 1.54) is 0 Å².